The highest BCUT2D eigenvalue weighted by Crippen LogP contribution is 2.34. The Morgan fingerprint density at radius 2 is 1.22 bits per heavy atom. The lowest BCUT2D eigenvalue weighted by Crippen LogP contribution is -2.50. The van der Waals surface area contributed by atoms with Gasteiger partial charge in [0.2, 0.25) is 0 Å². The van der Waals surface area contributed by atoms with Gasteiger partial charge in [-0.2, -0.15) is 0 Å². The van der Waals surface area contributed by atoms with Gasteiger partial charge in [0.15, 0.2) is 0 Å². The van der Waals surface area contributed by atoms with Gasteiger partial charge in [-0.05, 0) is 39.5 Å². The largest absolute Gasteiger partial charge is 0.504 e. The van der Waals surface area contributed by atoms with E-state index in [0.717, 1.165) is 18.8 Å². The smallest absolute Gasteiger partial charge is 0.374 e. The Hall–Kier alpha value is 0.0969. The van der Waals surface area contributed by atoms with Gasteiger partial charge in [0.25, 0.3) is 0 Å². The molecule has 0 bridgehead atoms. The minimum absolute atomic E-state index is 0.430. The fourth-order valence-corrected chi connectivity index (χ4v) is 5.43. The van der Waals surface area contributed by atoms with E-state index in [1.807, 2.05) is 20.8 Å². The average Bonchev–Trinajstić information content (AvgIpc) is 2.30. The molecular formula is C14H32O3Si. The van der Waals surface area contributed by atoms with Crippen LogP contribution in [-0.4, -0.2) is 28.6 Å². The van der Waals surface area contributed by atoms with Crippen LogP contribution in [0.4, 0.5) is 0 Å². The molecule has 1 atom stereocenters. The standard InChI is InChI=1S/C14H32O3Si/c1-7-14(12-11-13(5)6)18(15-8-2,16-9-3)17-10-4/h13-14H,7-12H2,1-6H3. The molecule has 4 heteroatoms. The zero-order valence-electron chi connectivity index (χ0n) is 13.1. The zero-order chi connectivity index (χ0) is 14.0. The molecule has 0 spiro atoms. The van der Waals surface area contributed by atoms with Crippen molar-refractivity contribution in [2.24, 2.45) is 5.92 Å². The summed E-state index contributed by atoms with van der Waals surface area (Å²) in [5.74, 6) is 0.718. The Balaban J connectivity index is 4.82. The maximum atomic E-state index is 5.99. The van der Waals surface area contributed by atoms with Crippen LogP contribution in [0.1, 0.15) is 60.8 Å². The highest BCUT2D eigenvalue weighted by molar-refractivity contribution is 6.62. The molecule has 0 aromatic heterocycles. The molecule has 1 unspecified atom stereocenters. The third-order valence-corrected chi connectivity index (χ3v) is 6.89. The predicted octanol–water partition coefficient (Wildman–Crippen LogP) is 4.25. The second-order valence-electron chi connectivity index (χ2n) is 4.98. The first-order valence-electron chi connectivity index (χ1n) is 7.47. The molecule has 0 amide bonds. The van der Waals surface area contributed by atoms with E-state index < -0.39 is 8.80 Å². The lowest BCUT2D eigenvalue weighted by Gasteiger charge is -2.35. The minimum Gasteiger partial charge on any atom is -0.374 e. The molecule has 0 aliphatic rings. The summed E-state index contributed by atoms with van der Waals surface area (Å²) in [6.07, 6.45) is 3.42. The Labute approximate surface area is 115 Å². The van der Waals surface area contributed by atoms with Crippen molar-refractivity contribution in [3.05, 3.63) is 0 Å². The van der Waals surface area contributed by atoms with Gasteiger partial charge in [-0.25, -0.2) is 0 Å². The topological polar surface area (TPSA) is 27.7 Å². The van der Waals surface area contributed by atoms with Crippen LogP contribution in [0, 0.1) is 5.92 Å². The molecule has 3 nitrogen and oxygen atoms in total. The molecule has 0 aliphatic carbocycles. The minimum atomic E-state index is -2.49. The van der Waals surface area contributed by atoms with Crippen LogP contribution in [0.5, 0.6) is 0 Å². The summed E-state index contributed by atoms with van der Waals surface area (Å²) in [6, 6.07) is 0. The van der Waals surface area contributed by atoms with Crippen molar-refractivity contribution in [2.45, 2.75) is 66.3 Å². The van der Waals surface area contributed by atoms with Gasteiger partial charge in [-0.15, -0.1) is 0 Å². The first-order valence-corrected chi connectivity index (χ1v) is 9.28. The van der Waals surface area contributed by atoms with Crippen molar-refractivity contribution in [3.63, 3.8) is 0 Å². The molecule has 0 aromatic rings. The van der Waals surface area contributed by atoms with Crippen molar-refractivity contribution in [1.82, 2.24) is 0 Å². The van der Waals surface area contributed by atoms with Crippen LogP contribution in [0.3, 0.4) is 0 Å². The maximum absolute atomic E-state index is 5.99. The van der Waals surface area contributed by atoms with Gasteiger partial charge >= 0.3 is 8.80 Å². The summed E-state index contributed by atoms with van der Waals surface area (Å²) in [6.45, 7) is 14.8. The number of hydrogen-bond acceptors (Lipinski definition) is 3. The molecular weight excluding hydrogens is 244 g/mol. The van der Waals surface area contributed by atoms with Crippen LogP contribution in [0.15, 0.2) is 0 Å². The Morgan fingerprint density at radius 1 is 0.778 bits per heavy atom. The highest BCUT2D eigenvalue weighted by atomic mass is 28.4. The lowest BCUT2D eigenvalue weighted by atomic mass is 10.1. The molecule has 0 radical (unpaired) electrons. The van der Waals surface area contributed by atoms with Crippen molar-refractivity contribution in [2.75, 3.05) is 19.8 Å². The van der Waals surface area contributed by atoms with Crippen molar-refractivity contribution in [1.29, 1.82) is 0 Å². The van der Waals surface area contributed by atoms with Crippen LogP contribution in [-0.2, 0) is 13.3 Å². The number of rotatable bonds is 11. The van der Waals surface area contributed by atoms with E-state index in [0.29, 0.717) is 25.4 Å². The molecule has 0 fully saturated rings. The van der Waals surface area contributed by atoms with Crippen LogP contribution < -0.4 is 0 Å². The van der Waals surface area contributed by atoms with Gasteiger partial charge in [0, 0.05) is 25.4 Å². The summed E-state index contributed by atoms with van der Waals surface area (Å²) in [5, 5.41) is 0. The van der Waals surface area contributed by atoms with Gasteiger partial charge in [0.1, 0.15) is 0 Å². The Bertz CT molecular complexity index is 180. The van der Waals surface area contributed by atoms with Crippen LogP contribution >= 0.6 is 0 Å². The Morgan fingerprint density at radius 3 is 1.50 bits per heavy atom. The second-order valence-corrected chi connectivity index (χ2v) is 7.87. The number of hydrogen-bond donors (Lipinski definition) is 0. The van der Waals surface area contributed by atoms with E-state index >= 15 is 0 Å². The zero-order valence-corrected chi connectivity index (χ0v) is 14.1. The van der Waals surface area contributed by atoms with Gasteiger partial charge in [0.05, 0.1) is 0 Å². The highest BCUT2D eigenvalue weighted by Gasteiger charge is 2.47. The van der Waals surface area contributed by atoms with E-state index in [9.17, 15) is 0 Å². The van der Waals surface area contributed by atoms with E-state index in [2.05, 4.69) is 20.8 Å². The summed E-state index contributed by atoms with van der Waals surface area (Å²) in [4.78, 5) is 0. The molecule has 0 saturated carbocycles. The van der Waals surface area contributed by atoms with E-state index in [1.165, 1.54) is 6.42 Å². The SMILES string of the molecule is CCO[Si](OCC)(OCC)C(CC)CCC(C)C. The fourth-order valence-electron chi connectivity index (χ4n) is 2.25. The molecule has 0 aromatic carbocycles. The molecule has 110 valence electrons. The summed E-state index contributed by atoms with van der Waals surface area (Å²) in [7, 11) is -2.49. The summed E-state index contributed by atoms with van der Waals surface area (Å²) < 4.78 is 18.0. The fraction of sp³-hybridized carbons (Fsp3) is 1.00. The second kappa shape index (κ2) is 9.95. The normalized spacial score (nSPS) is 14.2. The van der Waals surface area contributed by atoms with Gasteiger partial charge < -0.3 is 13.3 Å². The molecule has 18 heavy (non-hydrogen) atoms. The molecule has 0 saturated heterocycles. The van der Waals surface area contributed by atoms with Crippen molar-refractivity contribution in [3.8, 4) is 0 Å². The van der Waals surface area contributed by atoms with E-state index in [1.54, 1.807) is 0 Å². The lowest BCUT2D eigenvalue weighted by molar-refractivity contribution is 0.0585. The third-order valence-electron chi connectivity index (χ3n) is 3.12. The van der Waals surface area contributed by atoms with Crippen LogP contribution in [0.2, 0.25) is 5.54 Å². The van der Waals surface area contributed by atoms with Gasteiger partial charge in [-0.3, -0.25) is 0 Å². The molecule has 0 aliphatic heterocycles. The quantitative estimate of drug-likeness (QED) is 0.528. The average molecular weight is 276 g/mol. The summed E-state index contributed by atoms with van der Waals surface area (Å²) in [5.41, 5.74) is 0.430. The molecule has 0 N–H and O–H groups in total. The first kappa shape index (κ1) is 18.1. The first-order chi connectivity index (χ1) is 8.56. The third kappa shape index (κ3) is 5.82. The monoisotopic (exact) mass is 276 g/mol. The predicted molar refractivity (Wildman–Crippen MR) is 78.7 cm³/mol. The van der Waals surface area contributed by atoms with Crippen molar-refractivity contribution >= 4 is 8.80 Å². The van der Waals surface area contributed by atoms with Crippen LogP contribution in [0.25, 0.3) is 0 Å². The molecule has 0 rings (SSSR count). The van der Waals surface area contributed by atoms with Crippen molar-refractivity contribution < 1.29 is 13.3 Å². The summed E-state index contributed by atoms with van der Waals surface area (Å²) >= 11 is 0. The van der Waals surface area contributed by atoms with Gasteiger partial charge in [-0.1, -0.05) is 27.2 Å². The molecule has 0 heterocycles. The van der Waals surface area contributed by atoms with E-state index in [-0.39, 0.29) is 0 Å². The Kier molecular flexibility index (Phi) is 10.0. The maximum Gasteiger partial charge on any atom is 0.504 e. The van der Waals surface area contributed by atoms with E-state index in [4.69, 9.17) is 13.3 Å².